The van der Waals surface area contributed by atoms with Gasteiger partial charge in [-0.05, 0) is 54.8 Å². The summed E-state index contributed by atoms with van der Waals surface area (Å²) in [5.74, 6) is 2.97. The summed E-state index contributed by atoms with van der Waals surface area (Å²) in [5, 5.41) is 3.46. The van der Waals surface area contributed by atoms with Crippen LogP contribution in [0.25, 0.3) is 0 Å². The number of thioether (sulfide) groups is 1. The molecule has 0 fully saturated rings. The second-order valence-corrected chi connectivity index (χ2v) is 5.57. The van der Waals surface area contributed by atoms with Crippen LogP contribution in [0.1, 0.15) is 12.0 Å². The van der Waals surface area contributed by atoms with Crippen molar-refractivity contribution in [2.24, 2.45) is 0 Å². The zero-order valence-corrected chi connectivity index (χ0v) is 12.7. The molecule has 0 atom stereocenters. The number of hydrogen-bond acceptors (Lipinski definition) is 3. The van der Waals surface area contributed by atoms with E-state index in [2.05, 4.69) is 23.7 Å². The van der Waals surface area contributed by atoms with Crippen molar-refractivity contribution in [2.45, 2.75) is 13.0 Å². The van der Waals surface area contributed by atoms with Gasteiger partial charge in [0.25, 0.3) is 0 Å². The molecular weight excluding hydrogens is 266 g/mol. The number of nitrogens with one attached hydrogen (secondary N) is 1. The van der Waals surface area contributed by atoms with Gasteiger partial charge in [0.05, 0.1) is 0 Å². The molecule has 0 heterocycles. The number of para-hydroxylation sites is 1. The molecule has 0 bridgehead atoms. The second kappa shape index (κ2) is 8.67. The zero-order chi connectivity index (χ0) is 14.0. The molecule has 0 aliphatic heterocycles. The van der Waals surface area contributed by atoms with Gasteiger partial charge in [0, 0.05) is 6.54 Å². The fourth-order valence-electron chi connectivity index (χ4n) is 1.92. The first kappa shape index (κ1) is 14.9. The van der Waals surface area contributed by atoms with Crippen LogP contribution in [0.5, 0.6) is 11.5 Å². The lowest BCUT2D eigenvalue weighted by Crippen LogP contribution is -2.15. The second-order valence-electron chi connectivity index (χ2n) is 4.59. The van der Waals surface area contributed by atoms with Crippen LogP contribution >= 0.6 is 11.8 Å². The van der Waals surface area contributed by atoms with Crippen LogP contribution in [-0.4, -0.2) is 18.6 Å². The molecule has 20 heavy (non-hydrogen) atoms. The van der Waals surface area contributed by atoms with Crippen molar-refractivity contribution in [3.8, 4) is 11.5 Å². The van der Waals surface area contributed by atoms with Crippen molar-refractivity contribution in [3.63, 3.8) is 0 Å². The van der Waals surface area contributed by atoms with Crippen molar-refractivity contribution in [3.05, 3.63) is 60.2 Å². The monoisotopic (exact) mass is 287 g/mol. The molecule has 1 N–H and O–H groups in total. The van der Waals surface area contributed by atoms with Crippen LogP contribution < -0.4 is 10.1 Å². The lowest BCUT2D eigenvalue weighted by atomic mass is 10.2. The van der Waals surface area contributed by atoms with Crippen molar-refractivity contribution < 1.29 is 4.74 Å². The van der Waals surface area contributed by atoms with Crippen molar-refractivity contribution in [1.82, 2.24) is 5.32 Å². The molecule has 2 aromatic rings. The van der Waals surface area contributed by atoms with Gasteiger partial charge < -0.3 is 10.1 Å². The lowest BCUT2D eigenvalue weighted by molar-refractivity contribution is 0.481. The van der Waals surface area contributed by atoms with Gasteiger partial charge in [0.15, 0.2) is 0 Å². The van der Waals surface area contributed by atoms with E-state index in [-0.39, 0.29) is 0 Å². The highest BCUT2D eigenvalue weighted by Gasteiger charge is 1.98. The average molecular weight is 287 g/mol. The Bertz CT molecular complexity index is 501. The van der Waals surface area contributed by atoms with Crippen LogP contribution in [0.15, 0.2) is 54.6 Å². The maximum absolute atomic E-state index is 5.83. The summed E-state index contributed by atoms with van der Waals surface area (Å²) in [6.07, 6.45) is 3.35. The van der Waals surface area contributed by atoms with Crippen LogP contribution in [0.2, 0.25) is 0 Å². The van der Waals surface area contributed by atoms with Crippen LogP contribution in [-0.2, 0) is 6.54 Å². The fourth-order valence-corrected chi connectivity index (χ4v) is 2.35. The first-order valence-corrected chi connectivity index (χ1v) is 8.29. The van der Waals surface area contributed by atoms with E-state index in [1.54, 1.807) is 0 Å². The van der Waals surface area contributed by atoms with Gasteiger partial charge in [-0.1, -0.05) is 30.3 Å². The predicted molar refractivity (Wildman–Crippen MR) is 87.7 cm³/mol. The van der Waals surface area contributed by atoms with E-state index < -0.39 is 0 Å². The van der Waals surface area contributed by atoms with E-state index in [9.17, 15) is 0 Å². The van der Waals surface area contributed by atoms with Gasteiger partial charge in [0.1, 0.15) is 11.5 Å². The Labute approximate surface area is 125 Å². The topological polar surface area (TPSA) is 21.3 Å². The van der Waals surface area contributed by atoms with Crippen LogP contribution in [0.3, 0.4) is 0 Å². The molecule has 3 heteroatoms. The normalized spacial score (nSPS) is 10.4. The Morgan fingerprint density at radius 1 is 1.00 bits per heavy atom. The summed E-state index contributed by atoms with van der Waals surface area (Å²) in [7, 11) is 0. The first-order valence-electron chi connectivity index (χ1n) is 6.90. The Morgan fingerprint density at radius 2 is 1.80 bits per heavy atom. The summed E-state index contributed by atoms with van der Waals surface area (Å²) in [6, 6.07) is 18.1. The molecule has 0 radical (unpaired) electrons. The van der Waals surface area contributed by atoms with Gasteiger partial charge in [-0.2, -0.15) is 11.8 Å². The highest BCUT2D eigenvalue weighted by Crippen LogP contribution is 2.21. The molecule has 0 amide bonds. The minimum atomic E-state index is 0.873. The number of benzene rings is 2. The Balaban J connectivity index is 1.84. The molecule has 2 nitrogen and oxygen atoms in total. The summed E-state index contributed by atoms with van der Waals surface area (Å²) in [4.78, 5) is 0. The molecule has 0 spiro atoms. The molecule has 106 valence electrons. The predicted octanol–water partition coefficient (Wildman–Crippen LogP) is 4.32. The Morgan fingerprint density at radius 3 is 2.60 bits per heavy atom. The zero-order valence-electron chi connectivity index (χ0n) is 11.8. The Kier molecular flexibility index (Phi) is 6.48. The highest BCUT2D eigenvalue weighted by molar-refractivity contribution is 7.98. The molecule has 0 unspecified atom stereocenters. The number of rotatable bonds is 8. The number of hydrogen-bond donors (Lipinski definition) is 1. The van der Waals surface area contributed by atoms with E-state index in [0.29, 0.717) is 0 Å². The maximum Gasteiger partial charge on any atom is 0.127 e. The molecule has 2 aromatic carbocycles. The third-order valence-electron chi connectivity index (χ3n) is 2.91. The van der Waals surface area contributed by atoms with Crippen molar-refractivity contribution in [2.75, 3.05) is 18.6 Å². The molecule has 0 aromatic heterocycles. The minimum Gasteiger partial charge on any atom is -0.457 e. The summed E-state index contributed by atoms with van der Waals surface area (Å²) in [6.45, 7) is 1.95. The molecule has 0 aliphatic rings. The average Bonchev–Trinajstić information content (AvgIpc) is 2.48. The molecule has 0 saturated heterocycles. The molecule has 2 rings (SSSR count). The summed E-state index contributed by atoms with van der Waals surface area (Å²) < 4.78 is 5.83. The smallest absolute Gasteiger partial charge is 0.127 e. The van der Waals surface area contributed by atoms with Crippen molar-refractivity contribution in [1.29, 1.82) is 0 Å². The van der Waals surface area contributed by atoms with Gasteiger partial charge in [-0.15, -0.1) is 0 Å². The van der Waals surface area contributed by atoms with Gasteiger partial charge in [-0.25, -0.2) is 0 Å². The maximum atomic E-state index is 5.83. The Hall–Kier alpha value is -1.45. The third kappa shape index (κ3) is 5.27. The van der Waals surface area contributed by atoms with E-state index in [4.69, 9.17) is 4.74 Å². The fraction of sp³-hybridized carbons (Fsp3) is 0.294. The summed E-state index contributed by atoms with van der Waals surface area (Å²) in [5.41, 5.74) is 1.25. The molecular formula is C17H21NOS. The van der Waals surface area contributed by atoms with Gasteiger partial charge >= 0.3 is 0 Å². The van der Waals surface area contributed by atoms with E-state index in [1.165, 1.54) is 17.7 Å². The highest BCUT2D eigenvalue weighted by atomic mass is 32.2. The quantitative estimate of drug-likeness (QED) is 0.731. The molecule has 0 aliphatic carbocycles. The van der Waals surface area contributed by atoms with Gasteiger partial charge in [0.2, 0.25) is 0 Å². The minimum absolute atomic E-state index is 0.873. The largest absolute Gasteiger partial charge is 0.457 e. The third-order valence-corrected chi connectivity index (χ3v) is 3.61. The number of ether oxygens (including phenoxy) is 1. The van der Waals surface area contributed by atoms with E-state index >= 15 is 0 Å². The molecule has 0 saturated carbocycles. The first-order chi connectivity index (χ1) is 9.88. The van der Waals surface area contributed by atoms with Crippen LogP contribution in [0, 0.1) is 0 Å². The SMILES string of the molecule is CSCCCNCc1cccc(Oc2ccccc2)c1. The van der Waals surface area contributed by atoms with E-state index in [1.807, 2.05) is 54.2 Å². The van der Waals surface area contributed by atoms with Crippen molar-refractivity contribution >= 4 is 11.8 Å². The van der Waals surface area contributed by atoms with E-state index in [0.717, 1.165) is 24.6 Å². The van der Waals surface area contributed by atoms with Gasteiger partial charge in [-0.3, -0.25) is 0 Å². The summed E-state index contributed by atoms with van der Waals surface area (Å²) >= 11 is 1.89. The lowest BCUT2D eigenvalue weighted by Gasteiger charge is -2.08. The van der Waals surface area contributed by atoms with Crippen LogP contribution in [0.4, 0.5) is 0 Å². The standard InChI is InChI=1S/C17H21NOS/c1-20-12-6-11-18-14-15-7-5-10-17(13-15)19-16-8-3-2-4-9-16/h2-5,7-10,13,18H,6,11-12,14H2,1H3.